The van der Waals surface area contributed by atoms with Crippen LogP contribution in [0, 0.1) is 0 Å². The van der Waals surface area contributed by atoms with E-state index in [1.807, 2.05) is 13.1 Å². The fourth-order valence-corrected chi connectivity index (χ4v) is 3.17. The SMILES string of the molecule is C=C(C)Nc1ccc2c(c1)C(=C)N(c1ccc3cc[nH]c3c1)C2. The van der Waals surface area contributed by atoms with E-state index in [1.54, 1.807) is 0 Å². The molecule has 0 spiro atoms. The summed E-state index contributed by atoms with van der Waals surface area (Å²) < 4.78 is 0. The van der Waals surface area contributed by atoms with Crippen LogP contribution in [0.2, 0.25) is 0 Å². The normalized spacial score (nSPS) is 13.4. The van der Waals surface area contributed by atoms with Crippen molar-refractivity contribution in [2.24, 2.45) is 0 Å². The van der Waals surface area contributed by atoms with E-state index in [4.69, 9.17) is 0 Å². The molecule has 0 fully saturated rings. The van der Waals surface area contributed by atoms with Gasteiger partial charge in [0, 0.05) is 46.6 Å². The summed E-state index contributed by atoms with van der Waals surface area (Å²) in [6.07, 6.45) is 1.97. The molecule has 3 aromatic rings. The molecule has 0 saturated heterocycles. The largest absolute Gasteiger partial charge is 0.361 e. The summed E-state index contributed by atoms with van der Waals surface area (Å²) in [4.78, 5) is 5.53. The van der Waals surface area contributed by atoms with E-state index >= 15 is 0 Å². The summed E-state index contributed by atoms with van der Waals surface area (Å²) >= 11 is 0. The number of H-pyrrole nitrogens is 1. The lowest BCUT2D eigenvalue weighted by Gasteiger charge is -2.19. The average molecular weight is 301 g/mol. The number of allylic oxidation sites excluding steroid dienone is 1. The fourth-order valence-electron chi connectivity index (χ4n) is 3.17. The van der Waals surface area contributed by atoms with E-state index in [0.29, 0.717) is 0 Å². The van der Waals surface area contributed by atoms with Gasteiger partial charge in [-0.05, 0) is 48.2 Å². The summed E-state index contributed by atoms with van der Waals surface area (Å²) in [7, 11) is 0. The topological polar surface area (TPSA) is 31.1 Å². The van der Waals surface area contributed by atoms with Crippen molar-refractivity contribution in [1.29, 1.82) is 0 Å². The van der Waals surface area contributed by atoms with Gasteiger partial charge in [-0.2, -0.15) is 0 Å². The summed E-state index contributed by atoms with van der Waals surface area (Å²) in [6, 6.07) is 15.0. The maximum atomic E-state index is 4.31. The summed E-state index contributed by atoms with van der Waals surface area (Å²) in [5, 5.41) is 4.50. The first-order chi connectivity index (χ1) is 11.1. The molecule has 0 radical (unpaired) electrons. The molecule has 1 aliphatic rings. The van der Waals surface area contributed by atoms with E-state index in [2.05, 4.69) is 70.8 Å². The molecule has 3 nitrogen and oxygen atoms in total. The third kappa shape index (κ3) is 2.30. The number of aromatic amines is 1. The third-order valence-corrected chi connectivity index (χ3v) is 4.28. The molecule has 1 aliphatic heterocycles. The first-order valence-electron chi connectivity index (χ1n) is 7.71. The second-order valence-electron chi connectivity index (χ2n) is 6.06. The van der Waals surface area contributed by atoms with E-state index in [-0.39, 0.29) is 0 Å². The van der Waals surface area contributed by atoms with Gasteiger partial charge in [0.25, 0.3) is 0 Å². The molecule has 23 heavy (non-hydrogen) atoms. The molecule has 0 amide bonds. The molecule has 0 unspecified atom stereocenters. The summed E-state index contributed by atoms with van der Waals surface area (Å²) in [5.41, 5.74) is 7.83. The molecule has 0 saturated carbocycles. The quantitative estimate of drug-likeness (QED) is 0.705. The van der Waals surface area contributed by atoms with E-state index in [9.17, 15) is 0 Å². The molecule has 114 valence electrons. The molecular weight excluding hydrogens is 282 g/mol. The van der Waals surface area contributed by atoms with Crippen LogP contribution in [0.3, 0.4) is 0 Å². The number of rotatable bonds is 3. The zero-order valence-corrected chi connectivity index (χ0v) is 13.2. The molecule has 1 aromatic heterocycles. The van der Waals surface area contributed by atoms with Crippen molar-refractivity contribution in [1.82, 2.24) is 4.98 Å². The van der Waals surface area contributed by atoms with Crippen LogP contribution < -0.4 is 10.2 Å². The Morgan fingerprint density at radius 3 is 2.87 bits per heavy atom. The van der Waals surface area contributed by atoms with Gasteiger partial charge >= 0.3 is 0 Å². The summed E-state index contributed by atoms with van der Waals surface area (Å²) in [6.45, 7) is 11.0. The number of hydrogen-bond acceptors (Lipinski definition) is 2. The van der Waals surface area contributed by atoms with Crippen LogP contribution in [-0.2, 0) is 6.54 Å². The minimum absolute atomic E-state index is 0.855. The number of fused-ring (bicyclic) bond motifs is 2. The zero-order chi connectivity index (χ0) is 16.0. The monoisotopic (exact) mass is 301 g/mol. The standard InChI is InChI=1S/C20H19N3/c1-13(2)22-17-6-4-16-12-23(14(3)19(16)10-17)18-7-5-15-8-9-21-20(15)11-18/h4-11,21-22H,1,3,12H2,2H3. The second-order valence-corrected chi connectivity index (χ2v) is 6.06. The molecule has 0 atom stereocenters. The Morgan fingerprint density at radius 2 is 2.04 bits per heavy atom. The number of anilines is 2. The highest BCUT2D eigenvalue weighted by Gasteiger charge is 2.24. The Hall–Kier alpha value is -2.94. The average Bonchev–Trinajstić information content (AvgIpc) is 3.11. The van der Waals surface area contributed by atoms with Crippen LogP contribution in [0.5, 0.6) is 0 Å². The number of benzene rings is 2. The Kier molecular flexibility index (Phi) is 3.01. The maximum absolute atomic E-state index is 4.31. The van der Waals surface area contributed by atoms with E-state index < -0.39 is 0 Å². The highest BCUT2D eigenvalue weighted by atomic mass is 15.2. The van der Waals surface area contributed by atoms with Crippen molar-refractivity contribution in [2.45, 2.75) is 13.5 Å². The van der Waals surface area contributed by atoms with Gasteiger partial charge in [-0.1, -0.05) is 25.3 Å². The van der Waals surface area contributed by atoms with Crippen LogP contribution in [-0.4, -0.2) is 4.98 Å². The molecule has 0 bridgehead atoms. The molecular formula is C20H19N3. The highest BCUT2D eigenvalue weighted by molar-refractivity contribution is 5.89. The van der Waals surface area contributed by atoms with Crippen molar-refractivity contribution < 1.29 is 0 Å². The Labute approximate surface area is 135 Å². The lowest BCUT2D eigenvalue weighted by atomic mass is 10.1. The zero-order valence-electron chi connectivity index (χ0n) is 13.2. The summed E-state index contributed by atoms with van der Waals surface area (Å²) in [5.74, 6) is 0. The van der Waals surface area contributed by atoms with Crippen LogP contribution in [0.15, 0.2) is 67.5 Å². The van der Waals surface area contributed by atoms with Gasteiger partial charge in [0.05, 0.1) is 0 Å². The van der Waals surface area contributed by atoms with Crippen molar-refractivity contribution in [3.8, 4) is 0 Å². The maximum Gasteiger partial charge on any atom is 0.0488 e. The molecule has 2 N–H and O–H groups in total. The van der Waals surface area contributed by atoms with Gasteiger partial charge in [-0.15, -0.1) is 0 Å². The van der Waals surface area contributed by atoms with Gasteiger partial charge in [0.2, 0.25) is 0 Å². The minimum atomic E-state index is 0.855. The number of nitrogens with zero attached hydrogens (tertiary/aromatic N) is 1. The van der Waals surface area contributed by atoms with Gasteiger partial charge in [0.15, 0.2) is 0 Å². The van der Waals surface area contributed by atoms with Crippen LogP contribution in [0.25, 0.3) is 16.6 Å². The number of hydrogen-bond donors (Lipinski definition) is 2. The molecule has 2 aromatic carbocycles. The van der Waals surface area contributed by atoms with Crippen molar-refractivity contribution >= 4 is 28.0 Å². The van der Waals surface area contributed by atoms with Gasteiger partial charge in [-0.25, -0.2) is 0 Å². The van der Waals surface area contributed by atoms with Crippen LogP contribution in [0.1, 0.15) is 18.1 Å². The molecule has 3 heteroatoms. The Balaban J connectivity index is 1.69. The predicted octanol–water partition coefficient (Wildman–Crippen LogP) is 5.10. The first kappa shape index (κ1) is 13.7. The predicted molar refractivity (Wildman–Crippen MR) is 98.4 cm³/mol. The second kappa shape index (κ2) is 5.06. The van der Waals surface area contributed by atoms with Crippen molar-refractivity contribution in [3.63, 3.8) is 0 Å². The van der Waals surface area contributed by atoms with E-state index in [0.717, 1.165) is 34.8 Å². The highest BCUT2D eigenvalue weighted by Crippen LogP contribution is 2.38. The molecule has 2 heterocycles. The van der Waals surface area contributed by atoms with Gasteiger partial charge < -0.3 is 15.2 Å². The van der Waals surface area contributed by atoms with E-state index in [1.165, 1.54) is 16.5 Å². The van der Waals surface area contributed by atoms with Gasteiger partial charge in [0.1, 0.15) is 0 Å². The minimum Gasteiger partial charge on any atom is -0.361 e. The van der Waals surface area contributed by atoms with Crippen LogP contribution >= 0.6 is 0 Å². The van der Waals surface area contributed by atoms with Crippen molar-refractivity contribution in [2.75, 3.05) is 10.2 Å². The fraction of sp³-hybridized carbons (Fsp3) is 0.100. The third-order valence-electron chi connectivity index (χ3n) is 4.28. The smallest absolute Gasteiger partial charge is 0.0488 e. The molecule has 4 rings (SSSR count). The van der Waals surface area contributed by atoms with Crippen molar-refractivity contribution in [3.05, 3.63) is 78.6 Å². The Morgan fingerprint density at radius 1 is 1.17 bits per heavy atom. The Bertz CT molecular complexity index is 933. The molecule has 0 aliphatic carbocycles. The lowest BCUT2D eigenvalue weighted by Crippen LogP contribution is -2.12. The number of aromatic nitrogens is 1. The number of nitrogens with one attached hydrogen (secondary N) is 2. The van der Waals surface area contributed by atoms with Gasteiger partial charge in [-0.3, -0.25) is 0 Å². The van der Waals surface area contributed by atoms with Crippen LogP contribution in [0.4, 0.5) is 11.4 Å². The lowest BCUT2D eigenvalue weighted by molar-refractivity contribution is 1.04. The first-order valence-corrected chi connectivity index (χ1v) is 7.71.